The minimum Gasteiger partial charge on any atom is -0.466 e. The lowest BCUT2D eigenvalue weighted by Crippen LogP contribution is -2.41. The van der Waals surface area contributed by atoms with Crippen LogP contribution in [-0.4, -0.2) is 44.7 Å². The van der Waals surface area contributed by atoms with Crippen LogP contribution in [-0.2, 0) is 19.0 Å². The highest BCUT2D eigenvalue weighted by molar-refractivity contribution is 5.72. The third kappa shape index (κ3) is 6.20. The number of carbonyl (C=O) groups is 1. The van der Waals surface area contributed by atoms with Crippen LogP contribution in [0.2, 0.25) is 0 Å². The smallest absolute Gasteiger partial charge is 0.308 e. The molecule has 20 heavy (non-hydrogen) atoms. The first-order valence-electron chi connectivity index (χ1n) is 7.84. The molecule has 5 nitrogen and oxygen atoms in total. The molecule has 0 amide bonds. The largest absolute Gasteiger partial charge is 0.466 e. The van der Waals surface area contributed by atoms with E-state index in [1.54, 1.807) is 0 Å². The number of hydrogen-bond acceptors (Lipinski definition) is 5. The van der Waals surface area contributed by atoms with Crippen molar-refractivity contribution >= 4 is 5.97 Å². The van der Waals surface area contributed by atoms with Gasteiger partial charge in [0.2, 0.25) is 0 Å². The molecule has 5 heteroatoms. The lowest BCUT2D eigenvalue weighted by atomic mass is 9.86. The molecule has 1 aliphatic carbocycles. The van der Waals surface area contributed by atoms with Crippen LogP contribution in [0, 0.1) is 5.92 Å². The Morgan fingerprint density at radius 1 is 1.15 bits per heavy atom. The van der Waals surface area contributed by atoms with Gasteiger partial charge in [0.15, 0.2) is 6.29 Å². The van der Waals surface area contributed by atoms with E-state index in [2.05, 4.69) is 5.32 Å². The van der Waals surface area contributed by atoms with Crippen LogP contribution in [0.25, 0.3) is 0 Å². The lowest BCUT2D eigenvalue weighted by Gasteiger charge is -2.29. The Hall–Kier alpha value is -0.650. The SMILES string of the molecule is CCOC(=O)C1CCCC(NCC(OCC)OCC)C1. The number of rotatable bonds is 9. The van der Waals surface area contributed by atoms with Gasteiger partial charge in [-0.1, -0.05) is 6.42 Å². The van der Waals surface area contributed by atoms with Gasteiger partial charge in [-0.15, -0.1) is 0 Å². The molecule has 0 aromatic rings. The summed E-state index contributed by atoms with van der Waals surface area (Å²) < 4.78 is 16.1. The molecule has 0 aromatic heterocycles. The Balaban J connectivity index is 2.33. The Morgan fingerprint density at radius 2 is 1.85 bits per heavy atom. The third-order valence-electron chi connectivity index (χ3n) is 3.57. The molecule has 0 heterocycles. The second-order valence-corrected chi connectivity index (χ2v) is 5.06. The molecule has 1 saturated carbocycles. The first-order valence-corrected chi connectivity index (χ1v) is 7.84. The van der Waals surface area contributed by atoms with Crippen molar-refractivity contribution in [3.63, 3.8) is 0 Å². The molecule has 0 bridgehead atoms. The fourth-order valence-electron chi connectivity index (χ4n) is 2.65. The summed E-state index contributed by atoms with van der Waals surface area (Å²) in [6.07, 6.45) is 3.75. The first-order chi connectivity index (χ1) is 9.71. The first kappa shape index (κ1) is 17.4. The molecule has 2 atom stereocenters. The molecule has 0 spiro atoms. The second kappa shape index (κ2) is 10.1. The molecule has 1 aliphatic rings. The average Bonchev–Trinajstić information content (AvgIpc) is 2.46. The van der Waals surface area contributed by atoms with Crippen molar-refractivity contribution < 1.29 is 19.0 Å². The molecule has 118 valence electrons. The summed E-state index contributed by atoms with van der Waals surface area (Å²) in [5, 5.41) is 3.46. The fourth-order valence-corrected chi connectivity index (χ4v) is 2.65. The summed E-state index contributed by atoms with van der Waals surface area (Å²) in [7, 11) is 0. The Labute approximate surface area is 122 Å². The van der Waals surface area contributed by atoms with Gasteiger partial charge < -0.3 is 19.5 Å². The maximum atomic E-state index is 11.8. The number of esters is 1. The molecule has 1 fully saturated rings. The molecule has 0 aliphatic heterocycles. The summed E-state index contributed by atoms with van der Waals surface area (Å²) in [4.78, 5) is 11.8. The monoisotopic (exact) mass is 287 g/mol. The third-order valence-corrected chi connectivity index (χ3v) is 3.57. The Bertz CT molecular complexity index is 267. The van der Waals surface area contributed by atoms with Crippen LogP contribution < -0.4 is 5.32 Å². The van der Waals surface area contributed by atoms with E-state index in [0.717, 1.165) is 25.7 Å². The van der Waals surface area contributed by atoms with Gasteiger partial charge in [-0.25, -0.2) is 0 Å². The van der Waals surface area contributed by atoms with Crippen molar-refractivity contribution in [2.24, 2.45) is 5.92 Å². The van der Waals surface area contributed by atoms with Crippen molar-refractivity contribution in [2.75, 3.05) is 26.4 Å². The van der Waals surface area contributed by atoms with E-state index in [1.165, 1.54) is 0 Å². The number of hydrogen-bond donors (Lipinski definition) is 1. The topological polar surface area (TPSA) is 56.8 Å². The molecule has 0 radical (unpaired) electrons. The number of carbonyl (C=O) groups excluding carboxylic acids is 1. The second-order valence-electron chi connectivity index (χ2n) is 5.06. The van der Waals surface area contributed by atoms with Crippen molar-refractivity contribution in [2.45, 2.75) is 58.8 Å². The van der Waals surface area contributed by atoms with Crippen LogP contribution in [0.4, 0.5) is 0 Å². The van der Waals surface area contributed by atoms with Crippen molar-refractivity contribution in [3.8, 4) is 0 Å². The maximum Gasteiger partial charge on any atom is 0.308 e. The minimum atomic E-state index is -0.201. The average molecular weight is 287 g/mol. The standard InChI is InChI=1S/C15H29NO4/c1-4-18-14(19-5-2)11-16-13-9-7-8-12(10-13)15(17)20-6-3/h12-14,16H,4-11H2,1-3H3. The van der Waals surface area contributed by atoms with Crippen LogP contribution >= 0.6 is 0 Å². The molecule has 2 unspecified atom stereocenters. The van der Waals surface area contributed by atoms with Gasteiger partial charge in [0, 0.05) is 25.8 Å². The fraction of sp³-hybridized carbons (Fsp3) is 0.933. The lowest BCUT2D eigenvalue weighted by molar-refractivity contribution is -0.149. The van der Waals surface area contributed by atoms with Crippen molar-refractivity contribution in [3.05, 3.63) is 0 Å². The molecule has 1 rings (SSSR count). The van der Waals surface area contributed by atoms with Crippen molar-refractivity contribution in [1.29, 1.82) is 0 Å². The zero-order chi connectivity index (χ0) is 14.8. The predicted octanol–water partition coefficient (Wildman–Crippen LogP) is 2.10. The van der Waals surface area contributed by atoms with E-state index >= 15 is 0 Å². The summed E-state index contributed by atoms with van der Waals surface area (Å²) in [5.41, 5.74) is 0. The van der Waals surface area contributed by atoms with Gasteiger partial charge >= 0.3 is 5.97 Å². The zero-order valence-electron chi connectivity index (χ0n) is 13.0. The highest BCUT2D eigenvalue weighted by atomic mass is 16.7. The predicted molar refractivity (Wildman–Crippen MR) is 77.4 cm³/mol. The summed E-state index contributed by atoms with van der Waals surface area (Å²) >= 11 is 0. The van der Waals surface area contributed by atoms with E-state index in [-0.39, 0.29) is 18.2 Å². The Kier molecular flexibility index (Phi) is 8.82. The van der Waals surface area contributed by atoms with E-state index in [0.29, 0.717) is 32.4 Å². The molecule has 0 saturated heterocycles. The van der Waals surface area contributed by atoms with Gasteiger partial charge in [-0.3, -0.25) is 4.79 Å². The van der Waals surface area contributed by atoms with E-state index in [4.69, 9.17) is 14.2 Å². The van der Waals surface area contributed by atoms with Crippen LogP contribution in [0.3, 0.4) is 0 Å². The van der Waals surface area contributed by atoms with Crippen molar-refractivity contribution in [1.82, 2.24) is 5.32 Å². The van der Waals surface area contributed by atoms with E-state index in [9.17, 15) is 4.79 Å². The molecular formula is C15H29NO4. The normalized spacial score (nSPS) is 23.0. The van der Waals surface area contributed by atoms with E-state index < -0.39 is 0 Å². The number of ether oxygens (including phenoxy) is 3. The molecule has 0 aromatic carbocycles. The van der Waals surface area contributed by atoms with E-state index in [1.807, 2.05) is 20.8 Å². The summed E-state index contributed by atoms with van der Waals surface area (Å²) in [5.74, 6) is -0.0102. The summed E-state index contributed by atoms with van der Waals surface area (Å²) in [6, 6.07) is 0.349. The van der Waals surface area contributed by atoms with Gasteiger partial charge in [-0.05, 0) is 40.0 Å². The highest BCUT2D eigenvalue weighted by Crippen LogP contribution is 2.25. The summed E-state index contributed by atoms with van der Waals surface area (Å²) in [6.45, 7) is 8.19. The van der Waals surface area contributed by atoms with Gasteiger partial charge in [0.25, 0.3) is 0 Å². The molecule has 1 N–H and O–H groups in total. The quantitative estimate of drug-likeness (QED) is 0.520. The van der Waals surface area contributed by atoms with Gasteiger partial charge in [-0.2, -0.15) is 0 Å². The van der Waals surface area contributed by atoms with Gasteiger partial charge in [0.1, 0.15) is 0 Å². The zero-order valence-corrected chi connectivity index (χ0v) is 13.0. The number of nitrogens with one attached hydrogen (secondary N) is 1. The molecular weight excluding hydrogens is 258 g/mol. The van der Waals surface area contributed by atoms with Crippen LogP contribution in [0.1, 0.15) is 46.5 Å². The maximum absolute atomic E-state index is 11.8. The van der Waals surface area contributed by atoms with Crippen LogP contribution in [0.5, 0.6) is 0 Å². The highest BCUT2D eigenvalue weighted by Gasteiger charge is 2.28. The van der Waals surface area contributed by atoms with Gasteiger partial charge in [0.05, 0.1) is 12.5 Å². The minimum absolute atomic E-state index is 0.0406. The van der Waals surface area contributed by atoms with Crippen LogP contribution in [0.15, 0.2) is 0 Å². The Morgan fingerprint density at radius 3 is 2.45 bits per heavy atom.